The van der Waals surface area contributed by atoms with Crippen molar-refractivity contribution in [3.63, 3.8) is 0 Å². The molecular formula is C22H43NO5. The van der Waals surface area contributed by atoms with E-state index in [0.717, 1.165) is 0 Å². The first-order valence-electron chi connectivity index (χ1n) is 10.7. The van der Waals surface area contributed by atoms with Crippen molar-refractivity contribution in [2.24, 2.45) is 17.8 Å². The molecule has 0 spiro atoms. The highest BCUT2D eigenvalue weighted by atomic mass is 16.6. The summed E-state index contributed by atoms with van der Waals surface area (Å²) in [5, 5.41) is 32.8. The summed E-state index contributed by atoms with van der Waals surface area (Å²) in [5.41, 5.74) is -2.37. The van der Waals surface area contributed by atoms with Gasteiger partial charge < -0.3 is 25.0 Å². The van der Waals surface area contributed by atoms with Crippen LogP contribution < -0.4 is 0 Å². The van der Waals surface area contributed by atoms with Crippen molar-refractivity contribution in [3.05, 3.63) is 0 Å². The molecule has 6 nitrogen and oxygen atoms in total. The van der Waals surface area contributed by atoms with Crippen LogP contribution in [0.3, 0.4) is 0 Å². The van der Waals surface area contributed by atoms with Crippen LogP contribution >= 0.6 is 0 Å². The minimum Gasteiger partial charge on any atom is -0.459 e. The van der Waals surface area contributed by atoms with Crippen LogP contribution in [-0.4, -0.2) is 69.2 Å². The van der Waals surface area contributed by atoms with Crippen LogP contribution in [0.1, 0.15) is 74.1 Å². The lowest BCUT2D eigenvalue weighted by atomic mass is 9.82. The summed E-state index contributed by atoms with van der Waals surface area (Å²) in [6.45, 7) is 13.8. The molecule has 1 aliphatic rings. The normalized spacial score (nSPS) is 45.8. The Morgan fingerprint density at radius 1 is 1.11 bits per heavy atom. The maximum atomic E-state index is 12.6. The van der Waals surface area contributed by atoms with Crippen molar-refractivity contribution in [2.45, 2.75) is 104 Å². The van der Waals surface area contributed by atoms with Gasteiger partial charge in [0.15, 0.2) is 0 Å². The summed E-state index contributed by atoms with van der Waals surface area (Å²) in [6.07, 6.45) is 0.417. The van der Waals surface area contributed by atoms with E-state index in [1.165, 1.54) is 0 Å². The monoisotopic (exact) mass is 401 g/mol. The van der Waals surface area contributed by atoms with Gasteiger partial charge in [0.05, 0.1) is 11.5 Å². The van der Waals surface area contributed by atoms with Crippen LogP contribution in [0, 0.1) is 17.8 Å². The van der Waals surface area contributed by atoms with Gasteiger partial charge in [0, 0.05) is 12.6 Å². The first-order valence-corrected chi connectivity index (χ1v) is 10.7. The maximum absolute atomic E-state index is 12.6. The lowest BCUT2D eigenvalue weighted by molar-refractivity contribution is -0.189. The average molecular weight is 402 g/mol. The molecule has 0 aliphatic carbocycles. The Labute approximate surface area is 171 Å². The Morgan fingerprint density at radius 3 is 2.18 bits per heavy atom. The Morgan fingerprint density at radius 2 is 1.64 bits per heavy atom. The van der Waals surface area contributed by atoms with Crippen molar-refractivity contribution in [1.82, 2.24) is 4.90 Å². The Kier molecular flexibility index (Phi) is 8.94. The van der Waals surface area contributed by atoms with E-state index in [0.29, 0.717) is 32.2 Å². The Hall–Kier alpha value is -0.690. The molecule has 28 heavy (non-hydrogen) atoms. The second kappa shape index (κ2) is 9.88. The highest BCUT2D eigenvalue weighted by molar-refractivity contribution is 5.72. The van der Waals surface area contributed by atoms with Gasteiger partial charge in [-0.05, 0) is 65.3 Å². The van der Waals surface area contributed by atoms with Crippen LogP contribution in [0.4, 0.5) is 0 Å². The molecule has 3 N–H and O–H groups in total. The minimum atomic E-state index is -1.56. The van der Waals surface area contributed by atoms with E-state index in [2.05, 4.69) is 6.92 Å². The van der Waals surface area contributed by atoms with Crippen molar-refractivity contribution in [2.75, 3.05) is 13.6 Å². The van der Waals surface area contributed by atoms with E-state index in [1.807, 2.05) is 46.6 Å². The van der Waals surface area contributed by atoms with Crippen LogP contribution in [-0.2, 0) is 9.53 Å². The number of carbonyl (C=O) groups excluding carboxylic acids is 1. The topological polar surface area (TPSA) is 90.2 Å². The molecule has 166 valence electrons. The fraction of sp³-hybridized carbons (Fsp3) is 0.955. The second-order valence-electron chi connectivity index (χ2n) is 9.94. The first kappa shape index (κ1) is 25.3. The molecule has 0 bridgehead atoms. The molecule has 0 amide bonds. The molecule has 0 saturated carbocycles. The van der Waals surface area contributed by atoms with Crippen molar-refractivity contribution in [1.29, 1.82) is 0 Å². The van der Waals surface area contributed by atoms with Crippen molar-refractivity contribution >= 4 is 5.97 Å². The number of hydrogen-bond donors (Lipinski definition) is 3. The molecule has 1 rings (SSSR count). The highest BCUT2D eigenvalue weighted by Gasteiger charge is 2.44. The van der Waals surface area contributed by atoms with Gasteiger partial charge in [-0.15, -0.1) is 0 Å². The van der Waals surface area contributed by atoms with E-state index in [4.69, 9.17) is 4.74 Å². The highest BCUT2D eigenvalue weighted by Crippen LogP contribution is 2.31. The van der Waals surface area contributed by atoms with Gasteiger partial charge in [0.2, 0.25) is 0 Å². The van der Waals surface area contributed by atoms with Crippen molar-refractivity contribution < 1.29 is 24.9 Å². The third-order valence-corrected chi connectivity index (χ3v) is 6.37. The SMILES string of the molecule is CC[C@H]1OC(=O)[C@H](C)C[C@H](C)C[C@](C)(O)C[C@@H](C)CN(C)[C@H](C)C(O)[C@]1(C)O. The van der Waals surface area contributed by atoms with Gasteiger partial charge in [-0.1, -0.05) is 27.7 Å². The molecule has 6 heteroatoms. The zero-order valence-corrected chi connectivity index (χ0v) is 19.1. The molecule has 1 unspecified atom stereocenters. The molecule has 1 aliphatic heterocycles. The predicted molar refractivity (Wildman–Crippen MR) is 111 cm³/mol. The number of aliphatic hydroxyl groups is 3. The summed E-state index contributed by atoms with van der Waals surface area (Å²) in [4.78, 5) is 14.6. The Bertz CT molecular complexity index is 507. The summed E-state index contributed by atoms with van der Waals surface area (Å²) in [7, 11) is 1.91. The van der Waals surface area contributed by atoms with Crippen LogP contribution in [0.25, 0.3) is 0 Å². The zero-order valence-electron chi connectivity index (χ0n) is 19.1. The number of cyclic esters (lactones) is 1. The third-order valence-electron chi connectivity index (χ3n) is 6.37. The second-order valence-corrected chi connectivity index (χ2v) is 9.94. The predicted octanol–water partition coefficient (Wildman–Crippen LogP) is 2.58. The molecule has 0 aromatic carbocycles. The Balaban J connectivity index is 3.19. The van der Waals surface area contributed by atoms with Crippen LogP contribution in [0.2, 0.25) is 0 Å². The minimum absolute atomic E-state index is 0.165. The molecule has 1 saturated heterocycles. The number of esters is 1. The number of rotatable bonds is 1. The fourth-order valence-electron chi connectivity index (χ4n) is 4.88. The standard InChI is InChI=1S/C22H43NO5/c1-9-18-22(7,27)19(24)17(5)23(8)13-15(3)12-21(6,26)11-14(2)10-16(4)20(25)28-18/h14-19,24,26-27H,9-13H2,1-8H3/t14-,15+,16+,17+,18+,19?,21-,22+/m0/s1. The number of likely N-dealkylation sites (N-methyl/N-ethyl adjacent to an activating group) is 1. The molecular weight excluding hydrogens is 358 g/mol. The summed E-state index contributed by atoms with van der Waals surface area (Å²) < 4.78 is 5.65. The summed E-state index contributed by atoms with van der Waals surface area (Å²) in [6, 6.07) is -0.336. The quantitative estimate of drug-likeness (QED) is 0.585. The lowest BCUT2D eigenvalue weighted by Crippen LogP contribution is -2.58. The number of carbonyl (C=O) groups is 1. The zero-order chi connectivity index (χ0) is 21.9. The van der Waals surface area contributed by atoms with E-state index in [-0.39, 0.29) is 29.8 Å². The molecule has 1 heterocycles. The smallest absolute Gasteiger partial charge is 0.309 e. The summed E-state index contributed by atoms with van der Waals surface area (Å²) >= 11 is 0. The third kappa shape index (κ3) is 6.68. The van der Waals surface area contributed by atoms with Gasteiger partial charge in [-0.3, -0.25) is 4.79 Å². The van der Waals surface area contributed by atoms with Gasteiger partial charge in [0.1, 0.15) is 17.8 Å². The fourth-order valence-corrected chi connectivity index (χ4v) is 4.88. The van der Waals surface area contributed by atoms with Crippen molar-refractivity contribution in [3.8, 4) is 0 Å². The maximum Gasteiger partial charge on any atom is 0.309 e. The van der Waals surface area contributed by atoms with E-state index < -0.39 is 23.4 Å². The van der Waals surface area contributed by atoms with Crippen LogP contribution in [0.5, 0.6) is 0 Å². The van der Waals surface area contributed by atoms with E-state index >= 15 is 0 Å². The molecule has 1 fully saturated rings. The van der Waals surface area contributed by atoms with Gasteiger partial charge in [0.25, 0.3) is 0 Å². The van der Waals surface area contributed by atoms with Gasteiger partial charge >= 0.3 is 5.97 Å². The largest absolute Gasteiger partial charge is 0.459 e. The molecule has 0 aromatic heterocycles. The van der Waals surface area contributed by atoms with Gasteiger partial charge in [-0.2, -0.15) is 0 Å². The van der Waals surface area contributed by atoms with Crippen LogP contribution in [0.15, 0.2) is 0 Å². The van der Waals surface area contributed by atoms with Gasteiger partial charge in [-0.25, -0.2) is 0 Å². The first-order chi connectivity index (χ1) is 12.7. The lowest BCUT2D eigenvalue weighted by Gasteiger charge is -2.42. The molecule has 0 radical (unpaired) electrons. The average Bonchev–Trinajstić information content (AvgIpc) is 2.55. The number of nitrogens with zero attached hydrogens (tertiary/aromatic N) is 1. The number of hydrogen-bond acceptors (Lipinski definition) is 6. The summed E-state index contributed by atoms with van der Waals surface area (Å²) in [5.74, 6) is -0.322. The molecule has 0 aromatic rings. The molecule has 8 atom stereocenters. The van der Waals surface area contributed by atoms with E-state index in [1.54, 1.807) is 6.92 Å². The number of ether oxygens (including phenoxy) is 1. The van der Waals surface area contributed by atoms with E-state index in [9.17, 15) is 20.1 Å². The number of aliphatic hydroxyl groups excluding tert-OH is 1.